The number of pyridine rings is 1. The van der Waals surface area contributed by atoms with Crippen LogP contribution in [0, 0.1) is 6.92 Å². The number of hydrogen-bond donors (Lipinski definition) is 1. The SMILES string of the molecule is Cc1ccc(C(=O)c2sc3nc4c(cc3c2N)CCCCC4)cc1. The number of thiophene rings is 1. The Morgan fingerprint density at radius 1 is 1.12 bits per heavy atom. The molecular weight excluding hydrogens is 316 g/mol. The van der Waals surface area contributed by atoms with Crippen LogP contribution in [0.1, 0.15) is 51.3 Å². The van der Waals surface area contributed by atoms with Crippen molar-refractivity contribution in [2.75, 3.05) is 5.73 Å². The average molecular weight is 336 g/mol. The first-order chi connectivity index (χ1) is 11.6. The summed E-state index contributed by atoms with van der Waals surface area (Å²) in [6.45, 7) is 2.01. The molecule has 0 aliphatic heterocycles. The lowest BCUT2D eigenvalue weighted by Gasteiger charge is -2.04. The molecule has 0 unspecified atom stereocenters. The number of nitrogens with zero attached hydrogens (tertiary/aromatic N) is 1. The third-order valence-corrected chi connectivity index (χ3v) is 5.88. The molecule has 1 aromatic carbocycles. The van der Waals surface area contributed by atoms with Crippen molar-refractivity contribution in [3.63, 3.8) is 0 Å². The van der Waals surface area contributed by atoms with Gasteiger partial charge in [-0.25, -0.2) is 4.98 Å². The van der Waals surface area contributed by atoms with Crippen LogP contribution in [0.15, 0.2) is 30.3 Å². The van der Waals surface area contributed by atoms with Gasteiger partial charge >= 0.3 is 0 Å². The molecule has 0 amide bonds. The Morgan fingerprint density at radius 2 is 1.88 bits per heavy atom. The molecule has 1 aliphatic rings. The normalized spacial score (nSPS) is 14.4. The van der Waals surface area contributed by atoms with Crippen molar-refractivity contribution in [2.24, 2.45) is 0 Å². The van der Waals surface area contributed by atoms with E-state index in [0.29, 0.717) is 16.1 Å². The van der Waals surface area contributed by atoms with Gasteiger partial charge in [-0.3, -0.25) is 4.79 Å². The van der Waals surface area contributed by atoms with E-state index in [2.05, 4.69) is 6.07 Å². The van der Waals surface area contributed by atoms with Gasteiger partial charge in [-0.05, 0) is 44.2 Å². The van der Waals surface area contributed by atoms with Crippen LogP contribution in [0.4, 0.5) is 5.69 Å². The predicted octanol–water partition coefficient (Wildman–Crippen LogP) is 4.69. The van der Waals surface area contributed by atoms with E-state index in [1.54, 1.807) is 0 Å². The summed E-state index contributed by atoms with van der Waals surface area (Å²) >= 11 is 1.43. The van der Waals surface area contributed by atoms with Crippen molar-refractivity contribution in [3.05, 3.63) is 57.6 Å². The van der Waals surface area contributed by atoms with Crippen molar-refractivity contribution in [1.29, 1.82) is 0 Å². The van der Waals surface area contributed by atoms with Gasteiger partial charge in [0.2, 0.25) is 5.78 Å². The molecule has 3 aromatic rings. The smallest absolute Gasteiger partial charge is 0.205 e. The summed E-state index contributed by atoms with van der Waals surface area (Å²) in [7, 11) is 0. The van der Waals surface area contributed by atoms with Crippen LogP contribution in [-0.2, 0) is 12.8 Å². The van der Waals surface area contributed by atoms with Crippen molar-refractivity contribution in [2.45, 2.75) is 39.0 Å². The molecule has 0 spiro atoms. The van der Waals surface area contributed by atoms with Gasteiger partial charge in [-0.15, -0.1) is 11.3 Å². The minimum Gasteiger partial charge on any atom is -0.397 e. The van der Waals surface area contributed by atoms with E-state index in [1.165, 1.54) is 41.9 Å². The van der Waals surface area contributed by atoms with Gasteiger partial charge in [-0.2, -0.15) is 0 Å². The Morgan fingerprint density at radius 3 is 2.67 bits per heavy atom. The highest BCUT2D eigenvalue weighted by molar-refractivity contribution is 7.21. The summed E-state index contributed by atoms with van der Waals surface area (Å²) in [6.07, 6.45) is 5.76. The number of ketones is 1. The average Bonchev–Trinajstić information content (AvgIpc) is 2.76. The number of nitrogens with two attached hydrogens (primary N) is 1. The van der Waals surface area contributed by atoms with Crippen molar-refractivity contribution < 1.29 is 4.79 Å². The van der Waals surface area contributed by atoms with Crippen molar-refractivity contribution in [1.82, 2.24) is 4.98 Å². The van der Waals surface area contributed by atoms with E-state index in [4.69, 9.17) is 10.7 Å². The topological polar surface area (TPSA) is 56.0 Å². The molecule has 2 N–H and O–H groups in total. The molecule has 0 saturated heterocycles. The maximum Gasteiger partial charge on any atom is 0.205 e. The predicted molar refractivity (Wildman–Crippen MR) is 99.9 cm³/mol. The molecule has 4 heteroatoms. The number of aryl methyl sites for hydroxylation is 3. The van der Waals surface area contributed by atoms with E-state index < -0.39 is 0 Å². The van der Waals surface area contributed by atoms with Crippen LogP contribution in [0.2, 0.25) is 0 Å². The summed E-state index contributed by atoms with van der Waals surface area (Å²) < 4.78 is 0. The lowest BCUT2D eigenvalue weighted by molar-refractivity contribution is 0.104. The third kappa shape index (κ3) is 2.61. The van der Waals surface area contributed by atoms with Gasteiger partial charge in [0.15, 0.2) is 0 Å². The third-order valence-electron chi connectivity index (χ3n) is 4.77. The van der Waals surface area contributed by atoms with Crippen LogP contribution in [0.3, 0.4) is 0 Å². The molecule has 2 heterocycles. The van der Waals surface area contributed by atoms with E-state index in [-0.39, 0.29) is 5.78 Å². The van der Waals surface area contributed by atoms with Gasteiger partial charge in [-0.1, -0.05) is 36.2 Å². The second-order valence-corrected chi connectivity index (χ2v) is 7.55. The first kappa shape index (κ1) is 15.3. The highest BCUT2D eigenvalue weighted by Gasteiger charge is 2.21. The maximum absolute atomic E-state index is 12.8. The zero-order chi connectivity index (χ0) is 16.7. The molecule has 0 fully saturated rings. The molecule has 2 aromatic heterocycles. The summed E-state index contributed by atoms with van der Waals surface area (Å²) in [4.78, 5) is 19.2. The number of benzene rings is 1. The number of hydrogen-bond acceptors (Lipinski definition) is 4. The highest BCUT2D eigenvalue weighted by Crippen LogP contribution is 2.36. The number of carbonyl (C=O) groups is 1. The molecular formula is C20H20N2OS. The zero-order valence-corrected chi connectivity index (χ0v) is 14.6. The second-order valence-electron chi connectivity index (χ2n) is 6.55. The first-order valence-corrected chi connectivity index (χ1v) is 9.27. The zero-order valence-electron chi connectivity index (χ0n) is 13.8. The fraction of sp³-hybridized carbons (Fsp3) is 0.300. The molecule has 24 heavy (non-hydrogen) atoms. The molecule has 0 radical (unpaired) electrons. The van der Waals surface area contributed by atoms with Crippen LogP contribution in [-0.4, -0.2) is 10.8 Å². The largest absolute Gasteiger partial charge is 0.397 e. The summed E-state index contributed by atoms with van der Waals surface area (Å²) in [5, 5.41) is 0.941. The Kier molecular flexibility index (Phi) is 3.85. The number of carbonyl (C=O) groups excluding carboxylic acids is 1. The number of nitrogen functional groups attached to an aromatic ring is 1. The van der Waals surface area contributed by atoms with Crippen LogP contribution in [0.25, 0.3) is 10.2 Å². The summed E-state index contributed by atoms with van der Waals surface area (Å²) in [5.41, 5.74) is 11.2. The standard InChI is InChI=1S/C20H20N2OS/c1-12-7-9-13(10-8-12)18(23)19-17(21)15-11-14-5-3-2-4-6-16(14)22-20(15)24-19/h7-11H,2-6,21H2,1H3. The number of anilines is 1. The minimum absolute atomic E-state index is 0.00862. The second kappa shape index (κ2) is 6.02. The highest BCUT2D eigenvalue weighted by atomic mass is 32.1. The van der Waals surface area contributed by atoms with Gasteiger partial charge in [0.1, 0.15) is 9.71 Å². The van der Waals surface area contributed by atoms with Crippen LogP contribution >= 0.6 is 11.3 Å². The Bertz CT molecular complexity index is 925. The van der Waals surface area contributed by atoms with Crippen molar-refractivity contribution >= 4 is 33.0 Å². The van der Waals surface area contributed by atoms with Gasteiger partial charge in [0, 0.05) is 16.6 Å². The number of fused-ring (bicyclic) bond motifs is 2. The van der Waals surface area contributed by atoms with E-state index in [0.717, 1.165) is 28.6 Å². The van der Waals surface area contributed by atoms with Crippen LogP contribution < -0.4 is 5.73 Å². The molecule has 1 aliphatic carbocycles. The minimum atomic E-state index is -0.00862. The Labute approximate surface area is 145 Å². The Hall–Kier alpha value is -2.20. The summed E-state index contributed by atoms with van der Waals surface area (Å²) in [6, 6.07) is 9.81. The maximum atomic E-state index is 12.8. The monoisotopic (exact) mass is 336 g/mol. The quantitative estimate of drug-likeness (QED) is 0.546. The van der Waals surface area contributed by atoms with E-state index in [1.807, 2.05) is 31.2 Å². The Balaban J connectivity index is 1.80. The molecule has 3 nitrogen and oxygen atoms in total. The van der Waals surface area contributed by atoms with E-state index >= 15 is 0 Å². The molecule has 122 valence electrons. The fourth-order valence-corrected chi connectivity index (χ4v) is 4.40. The van der Waals surface area contributed by atoms with Gasteiger partial charge < -0.3 is 5.73 Å². The lowest BCUT2D eigenvalue weighted by atomic mass is 10.0. The summed E-state index contributed by atoms with van der Waals surface area (Å²) in [5.74, 6) is -0.00862. The van der Waals surface area contributed by atoms with E-state index in [9.17, 15) is 4.79 Å². The number of rotatable bonds is 2. The number of aromatic nitrogens is 1. The molecule has 0 bridgehead atoms. The lowest BCUT2D eigenvalue weighted by Crippen LogP contribution is -2.02. The fourth-order valence-electron chi connectivity index (χ4n) is 3.34. The van der Waals surface area contributed by atoms with Gasteiger partial charge in [0.25, 0.3) is 0 Å². The van der Waals surface area contributed by atoms with Crippen molar-refractivity contribution in [3.8, 4) is 0 Å². The first-order valence-electron chi connectivity index (χ1n) is 8.45. The molecule has 0 atom stereocenters. The molecule has 0 saturated carbocycles. The van der Waals surface area contributed by atoms with Crippen LogP contribution in [0.5, 0.6) is 0 Å². The molecule has 4 rings (SSSR count). The van der Waals surface area contributed by atoms with Gasteiger partial charge in [0.05, 0.1) is 5.69 Å².